The molecule has 2 aliphatic rings. The Morgan fingerprint density at radius 3 is 2.61 bits per heavy atom. The lowest BCUT2D eigenvalue weighted by Gasteiger charge is -2.39. The summed E-state index contributed by atoms with van der Waals surface area (Å²) in [5.41, 5.74) is 1.37. The fourth-order valence-electron chi connectivity index (χ4n) is 4.93. The van der Waals surface area contributed by atoms with Gasteiger partial charge < -0.3 is 4.74 Å². The first-order chi connectivity index (χ1) is 17.8. The smallest absolute Gasteiger partial charge is 0.416 e. The minimum Gasteiger partial charge on any atom is -0.487 e. The number of thiazole rings is 1. The van der Waals surface area contributed by atoms with Gasteiger partial charge in [-0.05, 0) is 73.4 Å². The molecule has 0 saturated heterocycles. The van der Waals surface area contributed by atoms with Gasteiger partial charge in [0.25, 0.3) is 10.0 Å². The Balaban J connectivity index is 1.60. The average Bonchev–Trinajstić information content (AvgIpc) is 3.34. The summed E-state index contributed by atoms with van der Waals surface area (Å²) < 4.78 is 77.3. The summed E-state index contributed by atoms with van der Waals surface area (Å²) >= 11 is 7.26. The Hall–Kier alpha value is -2.60. The van der Waals surface area contributed by atoms with E-state index in [1.54, 1.807) is 15.9 Å². The Morgan fingerprint density at radius 1 is 1.18 bits per heavy atom. The van der Waals surface area contributed by atoms with Crippen molar-refractivity contribution >= 4 is 43.8 Å². The number of nitrogens with zero attached hydrogens (tertiary/aromatic N) is 2. The van der Waals surface area contributed by atoms with Crippen molar-refractivity contribution in [1.29, 1.82) is 0 Å². The van der Waals surface area contributed by atoms with Crippen molar-refractivity contribution in [2.75, 3.05) is 17.8 Å². The molecule has 1 unspecified atom stereocenters. The monoisotopic (exact) mass is 583 g/mol. The number of alkyl halides is 3. The summed E-state index contributed by atoms with van der Waals surface area (Å²) in [6.45, 7) is 4.71. The molecule has 6 nitrogen and oxygen atoms in total. The van der Waals surface area contributed by atoms with Crippen LogP contribution in [0.3, 0.4) is 0 Å². The molecule has 0 fully saturated rings. The van der Waals surface area contributed by atoms with Crippen LogP contribution in [0.5, 0.6) is 5.75 Å². The van der Waals surface area contributed by atoms with E-state index < -0.39 is 27.4 Å². The van der Waals surface area contributed by atoms with Gasteiger partial charge in [0.05, 0.1) is 10.5 Å². The van der Waals surface area contributed by atoms with Crippen LogP contribution < -0.4 is 9.46 Å². The Kier molecular flexibility index (Phi) is 7.00. The van der Waals surface area contributed by atoms with E-state index in [1.165, 1.54) is 30.5 Å². The van der Waals surface area contributed by atoms with Crippen molar-refractivity contribution in [3.05, 3.63) is 76.3 Å². The maximum atomic E-state index is 13.7. The third-order valence-corrected chi connectivity index (χ3v) is 9.13. The lowest BCUT2D eigenvalue weighted by molar-refractivity contribution is -0.137. The molecule has 0 aliphatic carbocycles. The van der Waals surface area contributed by atoms with Gasteiger partial charge in [-0.15, -0.1) is 11.3 Å². The van der Waals surface area contributed by atoms with Crippen molar-refractivity contribution in [2.24, 2.45) is 0 Å². The molecule has 3 heterocycles. The molecule has 38 heavy (non-hydrogen) atoms. The summed E-state index contributed by atoms with van der Waals surface area (Å²) in [7, 11) is -3.92. The van der Waals surface area contributed by atoms with Gasteiger partial charge in [0.2, 0.25) is 0 Å². The first-order valence-corrected chi connectivity index (χ1v) is 14.6. The van der Waals surface area contributed by atoms with Crippen LogP contribution in [-0.4, -0.2) is 36.5 Å². The van der Waals surface area contributed by atoms with Crippen LogP contribution >= 0.6 is 23.1 Å². The van der Waals surface area contributed by atoms with Crippen molar-refractivity contribution < 1.29 is 26.3 Å². The van der Waals surface area contributed by atoms with Gasteiger partial charge in [0, 0.05) is 42.2 Å². The van der Waals surface area contributed by atoms with E-state index >= 15 is 0 Å². The van der Waals surface area contributed by atoms with Crippen molar-refractivity contribution in [1.82, 2.24) is 9.40 Å². The van der Waals surface area contributed by atoms with E-state index in [2.05, 4.69) is 9.71 Å². The van der Waals surface area contributed by atoms with Crippen LogP contribution in [0.4, 0.5) is 18.3 Å². The third-order valence-electron chi connectivity index (χ3n) is 6.67. The second kappa shape index (κ2) is 9.86. The highest BCUT2D eigenvalue weighted by atomic mass is 35.5. The number of hydrogen-bond donors (Lipinski definition) is 1. The summed E-state index contributed by atoms with van der Waals surface area (Å²) in [4.78, 5) is 3.98. The molecule has 0 radical (unpaired) electrons. The van der Waals surface area contributed by atoms with Gasteiger partial charge in [0.1, 0.15) is 11.4 Å². The topological polar surface area (TPSA) is 71.5 Å². The second-order valence-electron chi connectivity index (χ2n) is 9.91. The molecule has 1 atom stereocenters. The Morgan fingerprint density at radius 2 is 1.95 bits per heavy atom. The number of benzene rings is 2. The SMILES string of the molecule is CC1(C)CC(c2ccc(C(F)(F)F)cc2C2=CCN(Cl)CC2)c2ccc(S(=O)(=O)Nc3nccs3)cc2O1. The molecule has 0 saturated carbocycles. The number of halogens is 4. The van der Waals surface area contributed by atoms with E-state index in [0.29, 0.717) is 42.8 Å². The van der Waals surface area contributed by atoms with Crippen LogP contribution in [-0.2, 0) is 16.2 Å². The molecule has 2 aliphatic heterocycles. The van der Waals surface area contributed by atoms with Gasteiger partial charge in [-0.2, -0.15) is 13.2 Å². The second-order valence-corrected chi connectivity index (χ2v) is 13.0. The summed E-state index contributed by atoms with van der Waals surface area (Å²) in [6, 6.07) is 8.49. The molecule has 0 bridgehead atoms. The fraction of sp³-hybridized carbons (Fsp3) is 0.346. The molecule has 5 rings (SSSR count). The Bertz CT molecular complexity index is 1490. The molecule has 1 N–H and O–H groups in total. The first-order valence-electron chi connectivity index (χ1n) is 11.9. The van der Waals surface area contributed by atoms with Gasteiger partial charge in [-0.3, -0.25) is 4.72 Å². The minimum absolute atomic E-state index is 0.00716. The minimum atomic E-state index is -4.48. The lowest BCUT2D eigenvalue weighted by atomic mass is 9.76. The number of nitrogens with one attached hydrogen (secondary N) is 1. The van der Waals surface area contributed by atoms with E-state index in [0.717, 1.165) is 28.5 Å². The Labute approximate surface area is 228 Å². The molecule has 12 heteroatoms. The van der Waals surface area contributed by atoms with Crippen molar-refractivity contribution in [3.8, 4) is 5.75 Å². The van der Waals surface area contributed by atoms with Crippen LogP contribution in [0.2, 0.25) is 0 Å². The summed E-state index contributed by atoms with van der Waals surface area (Å²) in [5, 5.41) is 1.90. The molecule has 2 aromatic carbocycles. The van der Waals surface area contributed by atoms with Crippen molar-refractivity contribution in [3.63, 3.8) is 0 Å². The molecule has 0 spiro atoms. The lowest BCUT2D eigenvalue weighted by Crippen LogP contribution is -2.35. The zero-order valence-electron chi connectivity index (χ0n) is 20.5. The van der Waals surface area contributed by atoms with E-state index in [1.807, 2.05) is 19.9 Å². The van der Waals surface area contributed by atoms with Crippen LogP contribution in [0.15, 0.2) is 58.9 Å². The van der Waals surface area contributed by atoms with E-state index in [4.69, 9.17) is 16.5 Å². The number of hydrogen-bond acceptors (Lipinski definition) is 6. The largest absolute Gasteiger partial charge is 0.487 e. The van der Waals surface area contributed by atoms with Gasteiger partial charge in [-0.1, -0.05) is 18.2 Å². The quantitative estimate of drug-likeness (QED) is 0.331. The predicted molar refractivity (Wildman–Crippen MR) is 142 cm³/mol. The van der Waals surface area contributed by atoms with Crippen LogP contribution in [0.25, 0.3) is 5.57 Å². The number of sulfonamides is 1. The maximum absolute atomic E-state index is 13.7. The number of rotatable bonds is 5. The van der Waals surface area contributed by atoms with Crippen LogP contribution in [0.1, 0.15) is 54.9 Å². The van der Waals surface area contributed by atoms with Gasteiger partial charge >= 0.3 is 6.18 Å². The molecule has 202 valence electrons. The van der Waals surface area contributed by atoms with Gasteiger partial charge in [-0.25, -0.2) is 17.8 Å². The third kappa shape index (κ3) is 5.56. The number of anilines is 1. The molecular weight excluding hydrogens is 559 g/mol. The van der Waals surface area contributed by atoms with Crippen molar-refractivity contribution in [2.45, 2.75) is 49.3 Å². The first kappa shape index (κ1) is 27.0. The zero-order valence-corrected chi connectivity index (χ0v) is 22.9. The fourth-order valence-corrected chi connectivity index (χ4v) is 6.88. The molecule has 0 amide bonds. The van der Waals surface area contributed by atoms with E-state index in [-0.39, 0.29) is 15.9 Å². The maximum Gasteiger partial charge on any atom is 0.416 e. The highest BCUT2D eigenvalue weighted by Gasteiger charge is 2.38. The summed E-state index contributed by atoms with van der Waals surface area (Å²) in [6.07, 6.45) is -0.115. The predicted octanol–water partition coefficient (Wildman–Crippen LogP) is 6.90. The average molecular weight is 584 g/mol. The highest BCUT2D eigenvalue weighted by molar-refractivity contribution is 7.93. The number of ether oxygens (including phenoxy) is 1. The summed E-state index contributed by atoms with van der Waals surface area (Å²) in [5.74, 6) is 0.0632. The standard InChI is InChI=1S/C26H25ClF3N3O3S2/c1-25(2)15-22(19-5-3-17(26(28,29)30)13-21(19)16-7-10-33(27)11-8-16)20-6-4-18(14-23(20)36-25)38(34,35)32-24-31-9-12-37-24/h3-7,9,12-14,22H,8,10-11,15H2,1-2H3,(H,31,32). The number of aromatic nitrogens is 1. The zero-order chi connectivity index (χ0) is 27.3. The normalized spacial score (nSPS) is 19.8. The highest BCUT2D eigenvalue weighted by Crippen LogP contribution is 2.48. The molecule has 3 aromatic rings. The van der Waals surface area contributed by atoms with E-state index in [9.17, 15) is 21.6 Å². The molecular formula is C26H25ClF3N3O3S2. The molecule has 1 aromatic heterocycles. The van der Waals surface area contributed by atoms with Gasteiger partial charge in [0.15, 0.2) is 5.13 Å². The van der Waals surface area contributed by atoms with Crippen LogP contribution in [0, 0.1) is 0 Å². The number of fused-ring (bicyclic) bond motifs is 1.